The molecule has 0 aliphatic carbocycles. The van der Waals surface area contributed by atoms with Crippen LogP contribution in [0, 0.1) is 11.6 Å². The van der Waals surface area contributed by atoms with E-state index in [4.69, 9.17) is 0 Å². The first-order chi connectivity index (χ1) is 7.08. The molecule has 0 spiro atoms. The molecule has 80 valence electrons. The molecule has 0 bridgehead atoms. The standard InChI is InChI=1S/C10H8F2O3/c1-15-10(14)3-6-2-7(11)4-9(12)8(6)5-13/h2,4-5H,3H2,1H3. The highest BCUT2D eigenvalue weighted by molar-refractivity contribution is 5.82. The number of rotatable bonds is 3. The molecule has 1 aromatic rings. The fourth-order valence-electron chi connectivity index (χ4n) is 1.14. The van der Waals surface area contributed by atoms with Crippen molar-refractivity contribution in [1.82, 2.24) is 0 Å². The van der Waals surface area contributed by atoms with Gasteiger partial charge in [-0.2, -0.15) is 0 Å². The number of benzene rings is 1. The van der Waals surface area contributed by atoms with Crippen molar-refractivity contribution in [3.63, 3.8) is 0 Å². The van der Waals surface area contributed by atoms with Gasteiger partial charge in [-0.1, -0.05) is 0 Å². The molecule has 0 amide bonds. The van der Waals surface area contributed by atoms with Gasteiger partial charge < -0.3 is 4.74 Å². The highest BCUT2D eigenvalue weighted by Crippen LogP contribution is 2.15. The third-order valence-corrected chi connectivity index (χ3v) is 1.86. The summed E-state index contributed by atoms with van der Waals surface area (Å²) >= 11 is 0. The van der Waals surface area contributed by atoms with Crippen LogP contribution >= 0.6 is 0 Å². The summed E-state index contributed by atoms with van der Waals surface area (Å²) in [5, 5.41) is 0. The molecule has 1 rings (SSSR count). The van der Waals surface area contributed by atoms with Gasteiger partial charge in [-0.3, -0.25) is 9.59 Å². The van der Waals surface area contributed by atoms with Crippen LogP contribution in [0.4, 0.5) is 8.78 Å². The number of methoxy groups -OCH3 is 1. The van der Waals surface area contributed by atoms with Crippen LogP contribution in [0.3, 0.4) is 0 Å². The van der Waals surface area contributed by atoms with Crippen molar-refractivity contribution in [2.45, 2.75) is 6.42 Å². The summed E-state index contributed by atoms with van der Waals surface area (Å²) in [6, 6.07) is 1.52. The maximum absolute atomic E-state index is 13.0. The molecular formula is C10H8F2O3. The van der Waals surface area contributed by atoms with E-state index in [0.717, 1.165) is 13.2 Å². The summed E-state index contributed by atoms with van der Waals surface area (Å²) in [5.74, 6) is -2.48. The summed E-state index contributed by atoms with van der Waals surface area (Å²) in [4.78, 5) is 21.4. The quantitative estimate of drug-likeness (QED) is 0.565. The molecular weight excluding hydrogens is 206 g/mol. The molecule has 0 saturated carbocycles. The molecule has 0 radical (unpaired) electrons. The lowest BCUT2D eigenvalue weighted by Crippen LogP contribution is -2.08. The van der Waals surface area contributed by atoms with Gasteiger partial charge in [0.05, 0.1) is 19.1 Å². The Morgan fingerprint density at radius 2 is 2.13 bits per heavy atom. The van der Waals surface area contributed by atoms with E-state index in [-0.39, 0.29) is 23.8 Å². The number of hydrogen-bond donors (Lipinski definition) is 0. The van der Waals surface area contributed by atoms with E-state index in [1.165, 1.54) is 0 Å². The summed E-state index contributed by atoms with van der Waals surface area (Å²) in [6.07, 6.45) is -0.0910. The van der Waals surface area contributed by atoms with Crippen molar-refractivity contribution >= 4 is 12.3 Å². The van der Waals surface area contributed by atoms with E-state index in [0.29, 0.717) is 6.07 Å². The number of ether oxygens (including phenoxy) is 1. The lowest BCUT2D eigenvalue weighted by molar-refractivity contribution is -0.139. The third kappa shape index (κ3) is 2.59. The number of aldehydes is 1. The maximum atomic E-state index is 13.0. The van der Waals surface area contributed by atoms with Gasteiger partial charge in [0.25, 0.3) is 0 Å². The third-order valence-electron chi connectivity index (χ3n) is 1.86. The van der Waals surface area contributed by atoms with Crippen molar-refractivity contribution in [2.75, 3.05) is 7.11 Å². The Kier molecular flexibility index (Phi) is 3.49. The molecule has 0 saturated heterocycles. The lowest BCUT2D eigenvalue weighted by Gasteiger charge is -2.04. The second-order valence-corrected chi connectivity index (χ2v) is 2.83. The molecule has 0 heterocycles. The Hall–Kier alpha value is -1.78. The number of halogens is 2. The minimum atomic E-state index is -0.982. The van der Waals surface area contributed by atoms with Crippen LogP contribution in [0.15, 0.2) is 12.1 Å². The summed E-state index contributed by atoms with van der Waals surface area (Å²) in [5.41, 5.74) is -0.337. The van der Waals surface area contributed by atoms with Gasteiger partial charge in [-0.05, 0) is 11.6 Å². The van der Waals surface area contributed by atoms with E-state index >= 15 is 0 Å². The smallest absolute Gasteiger partial charge is 0.310 e. The van der Waals surface area contributed by atoms with E-state index in [1.807, 2.05) is 0 Å². The molecule has 5 heteroatoms. The minimum Gasteiger partial charge on any atom is -0.469 e. The van der Waals surface area contributed by atoms with Gasteiger partial charge >= 0.3 is 5.97 Å². The summed E-state index contributed by atoms with van der Waals surface area (Å²) < 4.78 is 30.2. The normalized spacial score (nSPS) is 9.80. The van der Waals surface area contributed by atoms with E-state index in [2.05, 4.69) is 4.74 Å². The zero-order valence-electron chi connectivity index (χ0n) is 7.92. The van der Waals surface area contributed by atoms with Crippen molar-refractivity contribution in [3.05, 3.63) is 34.9 Å². The van der Waals surface area contributed by atoms with E-state index in [1.54, 1.807) is 0 Å². The van der Waals surface area contributed by atoms with Gasteiger partial charge in [-0.25, -0.2) is 8.78 Å². The van der Waals surface area contributed by atoms with Crippen molar-refractivity contribution in [1.29, 1.82) is 0 Å². The van der Waals surface area contributed by atoms with Gasteiger partial charge in [0.1, 0.15) is 11.6 Å². The first-order valence-corrected chi connectivity index (χ1v) is 4.08. The second kappa shape index (κ2) is 4.63. The molecule has 3 nitrogen and oxygen atoms in total. The Morgan fingerprint density at radius 3 is 2.67 bits per heavy atom. The van der Waals surface area contributed by atoms with Crippen LogP contribution in [0.2, 0.25) is 0 Å². The van der Waals surface area contributed by atoms with Crippen molar-refractivity contribution < 1.29 is 23.1 Å². The van der Waals surface area contributed by atoms with Gasteiger partial charge in [0, 0.05) is 6.07 Å². The average molecular weight is 214 g/mol. The van der Waals surface area contributed by atoms with Crippen LogP contribution in [0.1, 0.15) is 15.9 Å². The molecule has 0 N–H and O–H groups in total. The van der Waals surface area contributed by atoms with Crippen LogP contribution in [-0.2, 0) is 16.0 Å². The fraction of sp³-hybridized carbons (Fsp3) is 0.200. The van der Waals surface area contributed by atoms with Crippen LogP contribution < -0.4 is 0 Å². The summed E-state index contributed by atoms with van der Waals surface area (Å²) in [7, 11) is 1.15. The first kappa shape index (κ1) is 11.3. The molecule has 15 heavy (non-hydrogen) atoms. The molecule has 1 aromatic carbocycles. The number of hydrogen-bond acceptors (Lipinski definition) is 3. The Bertz CT molecular complexity index is 402. The Labute approximate surface area is 84.7 Å². The fourth-order valence-corrected chi connectivity index (χ4v) is 1.14. The zero-order valence-corrected chi connectivity index (χ0v) is 7.92. The van der Waals surface area contributed by atoms with Crippen LogP contribution in [0.5, 0.6) is 0 Å². The predicted octanol–water partition coefficient (Wildman–Crippen LogP) is 1.49. The van der Waals surface area contributed by atoms with Crippen molar-refractivity contribution in [2.24, 2.45) is 0 Å². The largest absolute Gasteiger partial charge is 0.469 e. The lowest BCUT2D eigenvalue weighted by atomic mass is 10.0. The van der Waals surface area contributed by atoms with Gasteiger partial charge in [0.15, 0.2) is 6.29 Å². The Morgan fingerprint density at radius 1 is 1.47 bits per heavy atom. The van der Waals surface area contributed by atoms with Gasteiger partial charge in [0.2, 0.25) is 0 Å². The zero-order chi connectivity index (χ0) is 11.4. The van der Waals surface area contributed by atoms with E-state index < -0.39 is 17.6 Å². The highest BCUT2D eigenvalue weighted by Gasteiger charge is 2.13. The second-order valence-electron chi connectivity index (χ2n) is 2.83. The van der Waals surface area contributed by atoms with Crippen molar-refractivity contribution in [3.8, 4) is 0 Å². The maximum Gasteiger partial charge on any atom is 0.310 e. The molecule has 0 aliphatic heterocycles. The first-order valence-electron chi connectivity index (χ1n) is 4.08. The van der Waals surface area contributed by atoms with E-state index in [9.17, 15) is 18.4 Å². The number of esters is 1. The topological polar surface area (TPSA) is 43.4 Å². The predicted molar refractivity (Wildman–Crippen MR) is 47.5 cm³/mol. The summed E-state index contributed by atoms with van der Waals surface area (Å²) in [6.45, 7) is 0. The van der Waals surface area contributed by atoms with Crippen LogP contribution in [-0.4, -0.2) is 19.4 Å². The SMILES string of the molecule is COC(=O)Cc1cc(F)cc(F)c1C=O. The van der Waals surface area contributed by atoms with Gasteiger partial charge in [-0.15, -0.1) is 0 Å². The number of carbonyl (C=O) groups excluding carboxylic acids is 2. The highest BCUT2D eigenvalue weighted by atomic mass is 19.1. The average Bonchev–Trinajstić information content (AvgIpc) is 2.17. The molecule has 0 aliphatic rings. The molecule has 0 unspecified atom stereocenters. The van der Waals surface area contributed by atoms with Crippen LogP contribution in [0.25, 0.3) is 0 Å². The number of carbonyl (C=O) groups is 2. The molecule has 0 aromatic heterocycles. The molecule has 0 atom stereocenters. The Balaban J connectivity index is 3.14. The molecule has 0 fully saturated rings. The monoisotopic (exact) mass is 214 g/mol. The minimum absolute atomic E-state index is 0.0191.